The minimum absolute atomic E-state index is 0.184. The number of rotatable bonds is 7. The Balaban J connectivity index is 2.07. The summed E-state index contributed by atoms with van der Waals surface area (Å²) in [6, 6.07) is 12.9. The van der Waals surface area contributed by atoms with Crippen LogP contribution >= 0.6 is 27.5 Å². The van der Waals surface area contributed by atoms with Gasteiger partial charge in [0.05, 0.1) is 12.2 Å². The maximum atomic E-state index is 12.5. The molecule has 2 rings (SSSR count). The van der Waals surface area contributed by atoms with Crippen molar-refractivity contribution < 1.29 is 9.53 Å². The molecule has 128 valence electrons. The molecule has 2 aromatic rings. The van der Waals surface area contributed by atoms with Crippen LogP contribution in [-0.2, 0) is 6.54 Å². The van der Waals surface area contributed by atoms with E-state index in [1.165, 1.54) is 0 Å². The second kappa shape index (κ2) is 9.09. The van der Waals surface area contributed by atoms with Crippen LogP contribution in [0, 0.1) is 5.92 Å². The van der Waals surface area contributed by atoms with E-state index in [1.807, 2.05) is 36.4 Å². The van der Waals surface area contributed by atoms with Gasteiger partial charge in [0.2, 0.25) is 0 Å². The van der Waals surface area contributed by atoms with Crippen molar-refractivity contribution in [1.29, 1.82) is 0 Å². The molecule has 0 aliphatic rings. The number of hydrogen-bond donors (Lipinski definition) is 1. The van der Waals surface area contributed by atoms with E-state index in [2.05, 4.69) is 35.1 Å². The quantitative estimate of drug-likeness (QED) is 0.658. The summed E-state index contributed by atoms with van der Waals surface area (Å²) in [5, 5.41) is 3.54. The topological polar surface area (TPSA) is 38.3 Å². The molecule has 0 atom stereocenters. The zero-order valence-corrected chi connectivity index (χ0v) is 16.2. The maximum absolute atomic E-state index is 12.5. The Kier molecular flexibility index (Phi) is 7.13. The van der Waals surface area contributed by atoms with Crippen LogP contribution in [0.1, 0.15) is 36.2 Å². The first kappa shape index (κ1) is 18.8. The predicted octanol–water partition coefficient (Wildman–Crippen LogP) is 5.46. The summed E-state index contributed by atoms with van der Waals surface area (Å²) in [7, 11) is 0. The number of carbonyl (C=O) groups is 1. The normalized spacial score (nSPS) is 10.7. The highest BCUT2D eigenvalue weighted by Crippen LogP contribution is 2.24. The Bertz CT molecular complexity index is 704. The van der Waals surface area contributed by atoms with Gasteiger partial charge in [-0.15, -0.1) is 0 Å². The number of nitrogens with one attached hydrogen (secondary N) is 1. The van der Waals surface area contributed by atoms with Crippen molar-refractivity contribution in [3.05, 3.63) is 63.1 Å². The van der Waals surface area contributed by atoms with Crippen LogP contribution in [0.15, 0.2) is 46.9 Å². The molecule has 0 spiro atoms. The van der Waals surface area contributed by atoms with E-state index in [4.69, 9.17) is 16.3 Å². The molecule has 24 heavy (non-hydrogen) atoms. The van der Waals surface area contributed by atoms with Crippen LogP contribution in [0.3, 0.4) is 0 Å². The van der Waals surface area contributed by atoms with Crippen molar-refractivity contribution in [2.75, 3.05) is 6.61 Å². The minimum Gasteiger partial charge on any atom is -0.493 e. The van der Waals surface area contributed by atoms with Gasteiger partial charge in [0.25, 0.3) is 5.91 Å². The van der Waals surface area contributed by atoms with Crippen LogP contribution in [0.5, 0.6) is 5.75 Å². The minimum atomic E-state index is -0.184. The Labute approximate surface area is 156 Å². The van der Waals surface area contributed by atoms with Crippen molar-refractivity contribution in [3.63, 3.8) is 0 Å². The van der Waals surface area contributed by atoms with Crippen molar-refractivity contribution in [2.24, 2.45) is 5.92 Å². The fraction of sp³-hybridized carbons (Fsp3) is 0.316. The Morgan fingerprint density at radius 3 is 2.71 bits per heavy atom. The lowest BCUT2D eigenvalue weighted by Gasteiger charge is -2.13. The molecule has 0 saturated heterocycles. The molecule has 0 fully saturated rings. The van der Waals surface area contributed by atoms with Crippen LogP contribution in [0.4, 0.5) is 0 Å². The highest BCUT2D eigenvalue weighted by atomic mass is 79.9. The van der Waals surface area contributed by atoms with Crippen molar-refractivity contribution in [1.82, 2.24) is 5.32 Å². The lowest BCUT2D eigenvalue weighted by molar-refractivity contribution is 0.0946. The highest BCUT2D eigenvalue weighted by Gasteiger charge is 2.14. The number of carbonyl (C=O) groups excluding carboxylic acids is 1. The van der Waals surface area contributed by atoms with Gasteiger partial charge in [0.15, 0.2) is 0 Å². The highest BCUT2D eigenvalue weighted by molar-refractivity contribution is 9.10. The van der Waals surface area contributed by atoms with Gasteiger partial charge in [-0.05, 0) is 42.2 Å². The first-order chi connectivity index (χ1) is 11.5. The average molecular weight is 411 g/mol. The zero-order valence-electron chi connectivity index (χ0n) is 13.8. The molecule has 1 N–H and O–H groups in total. The van der Waals surface area contributed by atoms with Gasteiger partial charge in [0.1, 0.15) is 5.75 Å². The second-order valence-corrected chi connectivity index (χ2v) is 7.27. The molecule has 0 aliphatic carbocycles. The molecule has 2 aromatic carbocycles. The summed E-state index contributed by atoms with van der Waals surface area (Å²) in [5.41, 5.74) is 1.39. The van der Waals surface area contributed by atoms with Gasteiger partial charge >= 0.3 is 0 Å². The van der Waals surface area contributed by atoms with E-state index in [9.17, 15) is 4.79 Å². The molecule has 0 aliphatic heterocycles. The van der Waals surface area contributed by atoms with Gasteiger partial charge in [-0.1, -0.05) is 59.6 Å². The van der Waals surface area contributed by atoms with Crippen LogP contribution < -0.4 is 10.1 Å². The summed E-state index contributed by atoms with van der Waals surface area (Å²) in [5.74, 6) is 0.962. The van der Waals surface area contributed by atoms with E-state index >= 15 is 0 Å². The summed E-state index contributed by atoms with van der Waals surface area (Å²) < 4.78 is 6.63. The number of halogens is 2. The molecule has 0 saturated carbocycles. The lowest BCUT2D eigenvalue weighted by atomic mass is 10.1. The summed E-state index contributed by atoms with van der Waals surface area (Å²) in [6.45, 7) is 5.24. The Morgan fingerprint density at radius 2 is 2.00 bits per heavy atom. The third-order valence-corrected chi connectivity index (χ3v) is 4.40. The predicted molar refractivity (Wildman–Crippen MR) is 102 cm³/mol. The zero-order chi connectivity index (χ0) is 17.5. The third-order valence-electron chi connectivity index (χ3n) is 3.54. The molecular weight excluding hydrogens is 390 g/mol. The van der Waals surface area contributed by atoms with E-state index in [1.54, 1.807) is 6.07 Å². The molecule has 0 bridgehead atoms. The SMILES string of the molecule is CC(C)CCOc1ccc(Br)cc1C(=O)NCc1ccccc1Cl. The fourth-order valence-electron chi connectivity index (χ4n) is 2.12. The Morgan fingerprint density at radius 1 is 1.25 bits per heavy atom. The van der Waals surface area contributed by atoms with Gasteiger partial charge in [-0.25, -0.2) is 0 Å². The van der Waals surface area contributed by atoms with Gasteiger partial charge in [-0.2, -0.15) is 0 Å². The van der Waals surface area contributed by atoms with Crippen molar-refractivity contribution in [2.45, 2.75) is 26.8 Å². The number of benzene rings is 2. The molecule has 0 unspecified atom stereocenters. The summed E-state index contributed by atoms with van der Waals surface area (Å²) in [6.07, 6.45) is 0.941. The van der Waals surface area contributed by atoms with Crippen LogP contribution in [0.25, 0.3) is 0 Å². The summed E-state index contributed by atoms with van der Waals surface area (Å²) >= 11 is 9.53. The largest absolute Gasteiger partial charge is 0.493 e. The molecule has 1 amide bonds. The number of ether oxygens (including phenoxy) is 1. The van der Waals surface area contributed by atoms with E-state index in [-0.39, 0.29) is 5.91 Å². The fourth-order valence-corrected chi connectivity index (χ4v) is 2.69. The first-order valence-corrected chi connectivity index (χ1v) is 9.08. The standard InChI is InChI=1S/C19H21BrClNO2/c1-13(2)9-10-24-18-8-7-15(20)11-16(18)19(23)22-12-14-5-3-4-6-17(14)21/h3-8,11,13H,9-10,12H2,1-2H3,(H,22,23). The molecule has 3 nitrogen and oxygen atoms in total. The van der Waals surface area contributed by atoms with Crippen LogP contribution in [-0.4, -0.2) is 12.5 Å². The van der Waals surface area contributed by atoms with Crippen LogP contribution in [0.2, 0.25) is 5.02 Å². The van der Waals surface area contributed by atoms with Gasteiger partial charge in [0, 0.05) is 16.0 Å². The number of amides is 1. The molecule has 0 heterocycles. The lowest BCUT2D eigenvalue weighted by Crippen LogP contribution is -2.23. The third kappa shape index (κ3) is 5.53. The van der Waals surface area contributed by atoms with Gasteiger partial charge < -0.3 is 10.1 Å². The summed E-state index contributed by atoms with van der Waals surface area (Å²) in [4.78, 5) is 12.5. The van der Waals surface area contributed by atoms with Gasteiger partial charge in [-0.3, -0.25) is 4.79 Å². The Hall–Kier alpha value is -1.52. The molecule has 0 radical (unpaired) electrons. The number of hydrogen-bond acceptors (Lipinski definition) is 2. The smallest absolute Gasteiger partial charge is 0.255 e. The maximum Gasteiger partial charge on any atom is 0.255 e. The monoisotopic (exact) mass is 409 g/mol. The van der Waals surface area contributed by atoms with E-state index < -0.39 is 0 Å². The van der Waals surface area contributed by atoms with E-state index in [0.29, 0.717) is 35.4 Å². The van der Waals surface area contributed by atoms with E-state index in [0.717, 1.165) is 16.5 Å². The second-order valence-electron chi connectivity index (χ2n) is 5.95. The molecule has 0 aromatic heterocycles. The molecule has 5 heteroatoms. The molecular formula is C19H21BrClNO2. The van der Waals surface area contributed by atoms with Crippen molar-refractivity contribution >= 4 is 33.4 Å². The first-order valence-electron chi connectivity index (χ1n) is 7.91. The average Bonchev–Trinajstić information content (AvgIpc) is 2.55. The van der Waals surface area contributed by atoms with Crippen molar-refractivity contribution in [3.8, 4) is 5.75 Å².